The lowest BCUT2D eigenvalue weighted by molar-refractivity contribution is 0.593. The Morgan fingerprint density at radius 3 is 2.64 bits per heavy atom. The smallest absolute Gasteiger partial charge is 0.257 e. The molecule has 0 amide bonds. The number of imidazole rings is 1. The van der Waals surface area contributed by atoms with Crippen LogP contribution in [0.25, 0.3) is 0 Å². The summed E-state index contributed by atoms with van der Waals surface area (Å²) in [5, 5.41) is 4.91. The third-order valence-corrected chi connectivity index (χ3v) is 2.78. The number of nitrogens with zero attached hydrogens (tertiary/aromatic N) is 2. The zero-order valence-corrected chi connectivity index (χ0v) is 9.21. The van der Waals surface area contributed by atoms with E-state index in [1.165, 1.54) is 6.20 Å². The van der Waals surface area contributed by atoms with Crippen LogP contribution in [0.1, 0.15) is 25.6 Å². The van der Waals surface area contributed by atoms with Gasteiger partial charge in [-0.1, -0.05) is 13.3 Å². The van der Waals surface area contributed by atoms with Crippen molar-refractivity contribution < 1.29 is 8.42 Å². The second-order valence-electron chi connectivity index (χ2n) is 3.22. The molecule has 0 saturated carbocycles. The fraction of sp³-hybridized carbons (Fsp3) is 0.625. The molecule has 1 aromatic heterocycles. The van der Waals surface area contributed by atoms with Crippen LogP contribution in [0.15, 0.2) is 11.2 Å². The highest BCUT2D eigenvalue weighted by molar-refractivity contribution is 7.89. The second-order valence-corrected chi connectivity index (χ2v) is 4.73. The van der Waals surface area contributed by atoms with E-state index in [9.17, 15) is 8.42 Å². The molecule has 0 bridgehead atoms. The summed E-state index contributed by atoms with van der Waals surface area (Å²) < 4.78 is 23.8. The van der Waals surface area contributed by atoms with Gasteiger partial charge < -0.3 is 4.57 Å². The molecule has 0 aliphatic heterocycles. The van der Waals surface area contributed by atoms with Gasteiger partial charge in [0, 0.05) is 12.7 Å². The molecule has 1 heterocycles. The largest absolute Gasteiger partial charge is 0.334 e. The molecule has 2 N–H and O–H groups in total. The third kappa shape index (κ3) is 2.55. The van der Waals surface area contributed by atoms with Crippen LogP contribution in [0.3, 0.4) is 0 Å². The van der Waals surface area contributed by atoms with Crippen molar-refractivity contribution in [1.82, 2.24) is 9.55 Å². The number of aryl methyl sites for hydroxylation is 2. The molecule has 0 atom stereocenters. The Hall–Kier alpha value is -0.880. The Kier molecular flexibility index (Phi) is 3.28. The van der Waals surface area contributed by atoms with Crippen LogP contribution >= 0.6 is 0 Å². The fourth-order valence-electron chi connectivity index (χ4n) is 1.17. The van der Waals surface area contributed by atoms with E-state index < -0.39 is 10.0 Å². The monoisotopic (exact) mass is 217 g/mol. The lowest BCUT2D eigenvalue weighted by atomic mass is 10.3. The first-order valence-corrected chi connectivity index (χ1v) is 6.06. The van der Waals surface area contributed by atoms with Gasteiger partial charge in [-0.3, -0.25) is 0 Å². The van der Waals surface area contributed by atoms with E-state index in [1.54, 1.807) is 6.92 Å². The van der Waals surface area contributed by atoms with Gasteiger partial charge in [0.25, 0.3) is 10.0 Å². The minimum atomic E-state index is -3.66. The van der Waals surface area contributed by atoms with Crippen molar-refractivity contribution in [2.24, 2.45) is 5.14 Å². The van der Waals surface area contributed by atoms with E-state index in [2.05, 4.69) is 11.9 Å². The molecular weight excluding hydrogens is 202 g/mol. The first kappa shape index (κ1) is 11.2. The van der Waals surface area contributed by atoms with Crippen molar-refractivity contribution in [1.29, 1.82) is 0 Å². The molecule has 0 unspecified atom stereocenters. The van der Waals surface area contributed by atoms with Crippen molar-refractivity contribution in [3.8, 4) is 0 Å². The topological polar surface area (TPSA) is 78.0 Å². The average Bonchev–Trinajstić information content (AvgIpc) is 2.43. The van der Waals surface area contributed by atoms with E-state index in [0.717, 1.165) is 19.4 Å². The Morgan fingerprint density at radius 1 is 1.57 bits per heavy atom. The van der Waals surface area contributed by atoms with E-state index in [1.807, 2.05) is 4.57 Å². The van der Waals surface area contributed by atoms with Gasteiger partial charge in [0.2, 0.25) is 0 Å². The standard InChI is InChI=1S/C8H15N3O2S/c1-3-4-5-11-6-8(10-7(11)2)14(9,12)13/h6H,3-5H2,1-2H3,(H2,9,12,13). The maximum absolute atomic E-state index is 11.0. The minimum absolute atomic E-state index is 0.0499. The molecule has 0 spiro atoms. The molecule has 0 saturated heterocycles. The quantitative estimate of drug-likeness (QED) is 0.803. The highest BCUT2D eigenvalue weighted by Crippen LogP contribution is 2.08. The number of nitrogens with two attached hydrogens (primary N) is 1. The van der Waals surface area contributed by atoms with Crippen LogP contribution in [0, 0.1) is 6.92 Å². The molecular formula is C8H15N3O2S. The van der Waals surface area contributed by atoms with Crippen LogP contribution in [0.2, 0.25) is 0 Å². The molecule has 0 aliphatic carbocycles. The summed E-state index contributed by atoms with van der Waals surface area (Å²) in [6.45, 7) is 4.63. The maximum atomic E-state index is 11.0. The zero-order chi connectivity index (χ0) is 10.8. The summed E-state index contributed by atoms with van der Waals surface area (Å²) in [4.78, 5) is 3.88. The number of aromatic nitrogens is 2. The van der Waals surface area contributed by atoms with Crippen LogP contribution in [0.4, 0.5) is 0 Å². The van der Waals surface area contributed by atoms with E-state index in [-0.39, 0.29) is 5.03 Å². The summed E-state index contributed by atoms with van der Waals surface area (Å²) in [6, 6.07) is 0. The van der Waals surface area contributed by atoms with Gasteiger partial charge in [0.15, 0.2) is 5.03 Å². The Bertz CT molecular complexity index is 408. The van der Waals surface area contributed by atoms with E-state index in [0.29, 0.717) is 5.82 Å². The van der Waals surface area contributed by atoms with Crippen molar-refractivity contribution in [2.45, 2.75) is 38.3 Å². The van der Waals surface area contributed by atoms with Gasteiger partial charge in [0.1, 0.15) is 5.82 Å². The molecule has 80 valence electrons. The van der Waals surface area contributed by atoms with Gasteiger partial charge in [-0.2, -0.15) is 0 Å². The minimum Gasteiger partial charge on any atom is -0.334 e. The predicted molar refractivity (Wildman–Crippen MR) is 53.2 cm³/mol. The molecule has 5 nitrogen and oxygen atoms in total. The first-order valence-electron chi connectivity index (χ1n) is 4.51. The summed E-state index contributed by atoms with van der Waals surface area (Å²) in [5.74, 6) is 0.683. The first-order chi connectivity index (χ1) is 6.45. The van der Waals surface area contributed by atoms with Crippen LogP contribution in [-0.4, -0.2) is 18.0 Å². The highest BCUT2D eigenvalue weighted by atomic mass is 32.2. The van der Waals surface area contributed by atoms with E-state index >= 15 is 0 Å². The number of primary sulfonamides is 1. The van der Waals surface area contributed by atoms with E-state index in [4.69, 9.17) is 5.14 Å². The Balaban J connectivity index is 2.94. The van der Waals surface area contributed by atoms with Crippen LogP contribution < -0.4 is 5.14 Å². The molecule has 14 heavy (non-hydrogen) atoms. The number of unbranched alkanes of at least 4 members (excludes halogenated alkanes) is 1. The number of sulfonamides is 1. The summed E-state index contributed by atoms with van der Waals surface area (Å²) in [5.41, 5.74) is 0. The SMILES string of the molecule is CCCCn1cc(S(N)(=O)=O)nc1C. The van der Waals surface area contributed by atoms with Gasteiger partial charge in [0.05, 0.1) is 0 Å². The second kappa shape index (κ2) is 4.10. The number of hydrogen-bond donors (Lipinski definition) is 1. The Labute approximate surface area is 84.0 Å². The van der Waals surface area contributed by atoms with Crippen molar-refractivity contribution in [3.05, 3.63) is 12.0 Å². The molecule has 0 aromatic carbocycles. The van der Waals surface area contributed by atoms with Gasteiger partial charge in [-0.25, -0.2) is 18.5 Å². The fourth-order valence-corrected chi connectivity index (χ4v) is 1.70. The van der Waals surface area contributed by atoms with Crippen LogP contribution in [0.5, 0.6) is 0 Å². The molecule has 0 radical (unpaired) electrons. The highest BCUT2D eigenvalue weighted by Gasteiger charge is 2.13. The molecule has 1 rings (SSSR count). The lowest BCUT2D eigenvalue weighted by Gasteiger charge is -2.01. The summed E-state index contributed by atoms with van der Waals surface area (Å²) in [6.07, 6.45) is 3.55. The van der Waals surface area contributed by atoms with Crippen LogP contribution in [-0.2, 0) is 16.6 Å². The summed E-state index contributed by atoms with van der Waals surface area (Å²) in [7, 11) is -3.66. The molecule has 6 heteroatoms. The zero-order valence-electron chi connectivity index (χ0n) is 8.40. The van der Waals surface area contributed by atoms with Crippen molar-refractivity contribution in [3.63, 3.8) is 0 Å². The maximum Gasteiger partial charge on any atom is 0.257 e. The summed E-state index contributed by atoms with van der Waals surface area (Å²) >= 11 is 0. The van der Waals surface area contributed by atoms with Gasteiger partial charge in [-0.15, -0.1) is 0 Å². The predicted octanol–water partition coefficient (Wildman–Crippen LogP) is 0.639. The van der Waals surface area contributed by atoms with Gasteiger partial charge >= 0.3 is 0 Å². The molecule has 0 fully saturated rings. The number of rotatable bonds is 4. The third-order valence-electron chi connectivity index (χ3n) is 2.00. The number of hydrogen-bond acceptors (Lipinski definition) is 3. The Morgan fingerprint density at radius 2 is 2.21 bits per heavy atom. The van der Waals surface area contributed by atoms with Gasteiger partial charge in [-0.05, 0) is 13.3 Å². The molecule has 0 aliphatic rings. The average molecular weight is 217 g/mol. The van der Waals surface area contributed by atoms with Crippen molar-refractivity contribution >= 4 is 10.0 Å². The lowest BCUT2D eigenvalue weighted by Crippen LogP contribution is -2.12. The molecule has 1 aromatic rings. The normalized spacial score (nSPS) is 11.9. The van der Waals surface area contributed by atoms with Crippen molar-refractivity contribution in [2.75, 3.05) is 0 Å².